The molecule has 0 aromatic heterocycles. The number of methoxy groups -OCH3 is 1. The maximum Gasteiger partial charge on any atom is 0.161 e. The van der Waals surface area contributed by atoms with Gasteiger partial charge >= 0.3 is 0 Å². The summed E-state index contributed by atoms with van der Waals surface area (Å²) in [6.07, 6.45) is 0.0611. The van der Waals surface area contributed by atoms with Gasteiger partial charge < -0.3 is 19.1 Å². The molecule has 5 heteroatoms. The molecule has 2 rings (SSSR count). The summed E-state index contributed by atoms with van der Waals surface area (Å²) in [5.41, 5.74) is 0.614. The summed E-state index contributed by atoms with van der Waals surface area (Å²) in [5, 5.41) is 0. The monoisotopic (exact) mass is 279 g/mol. The van der Waals surface area contributed by atoms with Crippen molar-refractivity contribution in [1.29, 1.82) is 0 Å². The SMILES string of the molecule is COc1cc(C(C)=O)ccc1OCC1CN(C)CCO1. The van der Waals surface area contributed by atoms with Crippen LogP contribution in [-0.2, 0) is 4.74 Å². The van der Waals surface area contributed by atoms with E-state index >= 15 is 0 Å². The number of carbonyl (C=O) groups is 1. The Morgan fingerprint density at radius 3 is 2.90 bits per heavy atom. The molecule has 1 aliphatic rings. The van der Waals surface area contributed by atoms with Crippen molar-refractivity contribution in [2.45, 2.75) is 13.0 Å². The van der Waals surface area contributed by atoms with Crippen molar-refractivity contribution in [2.24, 2.45) is 0 Å². The van der Waals surface area contributed by atoms with Crippen LogP contribution < -0.4 is 9.47 Å². The van der Waals surface area contributed by atoms with E-state index in [0.29, 0.717) is 23.7 Å². The molecule has 0 radical (unpaired) electrons. The Morgan fingerprint density at radius 2 is 2.25 bits per heavy atom. The zero-order chi connectivity index (χ0) is 14.5. The number of benzene rings is 1. The third kappa shape index (κ3) is 3.71. The van der Waals surface area contributed by atoms with Crippen LogP contribution in [0.4, 0.5) is 0 Å². The predicted octanol–water partition coefficient (Wildman–Crippen LogP) is 1.61. The maximum atomic E-state index is 11.3. The van der Waals surface area contributed by atoms with Crippen molar-refractivity contribution < 1.29 is 19.0 Å². The maximum absolute atomic E-state index is 11.3. The minimum absolute atomic E-state index is 0.00656. The second-order valence-corrected chi connectivity index (χ2v) is 4.99. The Morgan fingerprint density at radius 1 is 1.45 bits per heavy atom. The molecule has 1 heterocycles. The topological polar surface area (TPSA) is 48.0 Å². The van der Waals surface area contributed by atoms with Crippen molar-refractivity contribution >= 4 is 5.78 Å². The van der Waals surface area contributed by atoms with Gasteiger partial charge in [0.1, 0.15) is 12.7 Å². The molecule has 0 saturated carbocycles. The van der Waals surface area contributed by atoms with E-state index in [1.165, 1.54) is 6.92 Å². The molecule has 20 heavy (non-hydrogen) atoms. The van der Waals surface area contributed by atoms with Crippen LogP contribution in [0.3, 0.4) is 0 Å². The molecule has 1 aliphatic heterocycles. The van der Waals surface area contributed by atoms with E-state index in [2.05, 4.69) is 11.9 Å². The fourth-order valence-corrected chi connectivity index (χ4v) is 2.16. The highest BCUT2D eigenvalue weighted by molar-refractivity contribution is 5.94. The summed E-state index contributed by atoms with van der Waals surface area (Å²) in [7, 11) is 3.63. The zero-order valence-corrected chi connectivity index (χ0v) is 12.2. The predicted molar refractivity (Wildman–Crippen MR) is 75.7 cm³/mol. The van der Waals surface area contributed by atoms with Crippen LogP contribution >= 0.6 is 0 Å². The van der Waals surface area contributed by atoms with Gasteiger partial charge in [-0.05, 0) is 32.2 Å². The first-order chi connectivity index (χ1) is 9.60. The molecule has 1 aromatic rings. The molecule has 1 unspecified atom stereocenters. The van der Waals surface area contributed by atoms with Crippen LogP contribution in [0.25, 0.3) is 0 Å². The number of hydrogen-bond donors (Lipinski definition) is 0. The highest BCUT2D eigenvalue weighted by Crippen LogP contribution is 2.28. The van der Waals surface area contributed by atoms with E-state index in [1.54, 1.807) is 25.3 Å². The third-order valence-corrected chi connectivity index (χ3v) is 3.34. The van der Waals surface area contributed by atoms with E-state index in [1.807, 2.05) is 0 Å². The summed E-state index contributed by atoms with van der Waals surface area (Å²) >= 11 is 0. The fraction of sp³-hybridized carbons (Fsp3) is 0.533. The average Bonchev–Trinajstić information content (AvgIpc) is 2.45. The highest BCUT2D eigenvalue weighted by atomic mass is 16.5. The molecule has 0 spiro atoms. The first kappa shape index (κ1) is 14.8. The lowest BCUT2D eigenvalue weighted by atomic mass is 10.1. The lowest BCUT2D eigenvalue weighted by Crippen LogP contribution is -2.42. The van der Waals surface area contributed by atoms with Crippen LogP contribution in [0.5, 0.6) is 11.5 Å². The summed E-state index contributed by atoms with van der Waals surface area (Å²) in [6, 6.07) is 5.21. The van der Waals surface area contributed by atoms with Gasteiger partial charge in [-0.2, -0.15) is 0 Å². The largest absolute Gasteiger partial charge is 0.493 e. The minimum atomic E-state index is 0.00656. The normalized spacial score (nSPS) is 19.6. The second-order valence-electron chi connectivity index (χ2n) is 4.99. The zero-order valence-electron chi connectivity index (χ0n) is 12.2. The Hall–Kier alpha value is -1.59. The molecule has 0 amide bonds. The van der Waals surface area contributed by atoms with Crippen LogP contribution in [0.1, 0.15) is 17.3 Å². The number of likely N-dealkylation sites (N-methyl/N-ethyl adjacent to an activating group) is 1. The molecule has 5 nitrogen and oxygen atoms in total. The van der Waals surface area contributed by atoms with Crippen molar-refractivity contribution in [3.63, 3.8) is 0 Å². The molecule has 0 bridgehead atoms. The van der Waals surface area contributed by atoms with Crippen molar-refractivity contribution in [1.82, 2.24) is 4.90 Å². The summed E-state index contributed by atoms with van der Waals surface area (Å²) in [6.45, 7) is 4.53. The van der Waals surface area contributed by atoms with Crippen LogP contribution in [0, 0.1) is 0 Å². The first-order valence-electron chi connectivity index (χ1n) is 6.72. The first-order valence-corrected chi connectivity index (χ1v) is 6.72. The van der Waals surface area contributed by atoms with Crippen LogP contribution in [-0.4, -0.2) is 57.2 Å². The number of ether oxygens (including phenoxy) is 3. The van der Waals surface area contributed by atoms with E-state index in [-0.39, 0.29) is 11.9 Å². The Kier molecular flexibility index (Phi) is 4.98. The van der Waals surface area contributed by atoms with E-state index in [0.717, 1.165) is 19.7 Å². The average molecular weight is 279 g/mol. The molecular weight excluding hydrogens is 258 g/mol. The van der Waals surface area contributed by atoms with E-state index in [4.69, 9.17) is 14.2 Å². The lowest BCUT2D eigenvalue weighted by molar-refractivity contribution is -0.0406. The van der Waals surface area contributed by atoms with Crippen LogP contribution in [0.15, 0.2) is 18.2 Å². The number of hydrogen-bond acceptors (Lipinski definition) is 5. The molecule has 0 N–H and O–H groups in total. The van der Waals surface area contributed by atoms with Crippen molar-refractivity contribution in [3.8, 4) is 11.5 Å². The smallest absolute Gasteiger partial charge is 0.161 e. The van der Waals surface area contributed by atoms with E-state index < -0.39 is 0 Å². The molecule has 1 saturated heterocycles. The minimum Gasteiger partial charge on any atom is -0.493 e. The Labute approximate surface area is 119 Å². The number of ketones is 1. The quantitative estimate of drug-likeness (QED) is 0.766. The Bertz CT molecular complexity index is 475. The second kappa shape index (κ2) is 6.72. The number of nitrogens with zero attached hydrogens (tertiary/aromatic N) is 1. The summed E-state index contributed by atoms with van der Waals surface area (Å²) in [5.74, 6) is 1.21. The molecule has 0 aliphatic carbocycles. The third-order valence-electron chi connectivity index (χ3n) is 3.34. The summed E-state index contributed by atoms with van der Waals surface area (Å²) in [4.78, 5) is 13.6. The fourth-order valence-electron chi connectivity index (χ4n) is 2.16. The van der Waals surface area contributed by atoms with Gasteiger partial charge in [-0.25, -0.2) is 0 Å². The highest BCUT2D eigenvalue weighted by Gasteiger charge is 2.19. The van der Waals surface area contributed by atoms with E-state index in [9.17, 15) is 4.79 Å². The number of rotatable bonds is 5. The van der Waals surface area contributed by atoms with Gasteiger partial charge in [0.15, 0.2) is 17.3 Å². The van der Waals surface area contributed by atoms with Gasteiger partial charge in [0.05, 0.1) is 13.7 Å². The number of carbonyl (C=O) groups excluding carboxylic acids is 1. The van der Waals surface area contributed by atoms with Crippen molar-refractivity contribution in [2.75, 3.05) is 40.5 Å². The van der Waals surface area contributed by atoms with Gasteiger partial charge in [-0.15, -0.1) is 0 Å². The van der Waals surface area contributed by atoms with Gasteiger partial charge in [0.2, 0.25) is 0 Å². The lowest BCUT2D eigenvalue weighted by Gasteiger charge is -2.30. The molecular formula is C15H21NO4. The molecule has 110 valence electrons. The van der Waals surface area contributed by atoms with Crippen LogP contribution in [0.2, 0.25) is 0 Å². The van der Waals surface area contributed by atoms with Gasteiger partial charge in [-0.1, -0.05) is 0 Å². The summed E-state index contributed by atoms with van der Waals surface area (Å²) < 4.78 is 16.7. The van der Waals surface area contributed by atoms with Gasteiger partial charge in [-0.3, -0.25) is 4.79 Å². The van der Waals surface area contributed by atoms with Gasteiger partial charge in [0.25, 0.3) is 0 Å². The Balaban J connectivity index is 2.00. The number of morpholine rings is 1. The molecule has 1 fully saturated rings. The molecule has 1 aromatic carbocycles. The standard InChI is InChI=1S/C15H21NO4/c1-11(17)12-4-5-14(15(8-12)18-3)20-10-13-9-16(2)6-7-19-13/h4-5,8,13H,6-7,9-10H2,1-3H3. The number of Topliss-reactive ketones (excluding diaryl/α,β-unsaturated/α-hetero) is 1. The van der Waals surface area contributed by atoms with Crippen molar-refractivity contribution in [3.05, 3.63) is 23.8 Å². The molecule has 1 atom stereocenters. The van der Waals surface area contributed by atoms with Gasteiger partial charge in [0, 0.05) is 18.7 Å².